The third-order valence-corrected chi connectivity index (χ3v) is 2.92. The fraction of sp³-hybridized carbons (Fsp3) is 0.692. The number of nitrogens with one attached hydrogen (secondary N) is 2. The molecule has 0 radical (unpaired) electrons. The van der Waals surface area contributed by atoms with Crippen molar-refractivity contribution in [2.75, 3.05) is 18.4 Å². The van der Waals surface area contributed by atoms with Gasteiger partial charge in [0, 0.05) is 24.8 Å². The minimum absolute atomic E-state index is 0.135. The summed E-state index contributed by atoms with van der Waals surface area (Å²) in [7, 11) is 0. The molecule has 1 aromatic rings. The monoisotopic (exact) mass is 250 g/mol. The summed E-state index contributed by atoms with van der Waals surface area (Å²) in [4.78, 5) is 8.50. The highest BCUT2D eigenvalue weighted by Gasteiger charge is 2.13. The molecule has 0 bridgehead atoms. The van der Waals surface area contributed by atoms with Crippen LogP contribution in [0.25, 0.3) is 0 Å². The molecule has 0 aliphatic carbocycles. The zero-order chi connectivity index (χ0) is 12.8. The predicted molar refractivity (Wildman–Crippen MR) is 71.9 cm³/mol. The lowest BCUT2D eigenvalue weighted by atomic mass is 10.1. The molecule has 0 unspecified atom stereocenters. The Morgan fingerprint density at radius 2 is 2.44 bits per heavy atom. The van der Waals surface area contributed by atoms with Crippen molar-refractivity contribution < 1.29 is 4.74 Å². The summed E-state index contributed by atoms with van der Waals surface area (Å²) in [5.74, 6) is 1.27. The van der Waals surface area contributed by atoms with Gasteiger partial charge in [0.15, 0.2) is 0 Å². The molecular formula is C13H22N4O. The third-order valence-electron chi connectivity index (χ3n) is 2.92. The van der Waals surface area contributed by atoms with Gasteiger partial charge in [-0.15, -0.1) is 0 Å². The number of hydrogen-bond acceptors (Lipinski definition) is 5. The van der Waals surface area contributed by atoms with Crippen molar-refractivity contribution in [3.63, 3.8) is 0 Å². The van der Waals surface area contributed by atoms with Crippen LogP contribution in [0.15, 0.2) is 12.3 Å². The fourth-order valence-electron chi connectivity index (χ4n) is 2.10. The first kappa shape index (κ1) is 13.1. The Morgan fingerprint density at radius 3 is 3.17 bits per heavy atom. The first-order valence-corrected chi connectivity index (χ1v) is 6.71. The van der Waals surface area contributed by atoms with Gasteiger partial charge < -0.3 is 15.4 Å². The molecule has 2 rings (SSSR count). The van der Waals surface area contributed by atoms with Gasteiger partial charge in [0.05, 0.1) is 6.10 Å². The molecule has 2 N–H and O–H groups in total. The molecule has 1 aliphatic heterocycles. The molecule has 1 aromatic heterocycles. The third kappa shape index (κ3) is 4.14. The number of anilines is 1. The van der Waals surface area contributed by atoms with Crippen LogP contribution in [-0.4, -0.2) is 35.2 Å². The predicted octanol–water partition coefficient (Wildman–Crippen LogP) is 1.82. The summed E-state index contributed by atoms with van der Waals surface area (Å²) >= 11 is 0. The van der Waals surface area contributed by atoms with Gasteiger partial charge >= 0.3 is 0 Å². The summed E-state index contributed by atoms with van der Waals surface area (Å²) in [5.41, 5.74) is 0. The topological polar surface area (TPSA) is 59.1 Å². The van der Waals surface area contributed by atoms with Crippen molar-refractivity contribution in [3.8, 4) is 5.88 Å². The SMILES string of the molecule is CC(C)Oc1ccnc(NCC[C@H]2CCCN2)n1. The number of hydrogen-bond donors (Lipinski definition) is 2. The lowest BCUT2D eigenvalue weighted by molar-refractivity contribution is 0.232. The highest BCUT2D eigenvalue weighted by molar-refractivity contribution is 5.27. The smallest absolute Gasteiger partial charge is 0.225 e. The number of ether oxygens (including phenoxy) is 1. The van der Waals surface area contributed by atoms with E-state index in [9.17, 15) is 0 Å². The minimum atomic E-state index is 0.135. The standard InChI is InChI=1S/C13H22N4O/c1-10(2)18-12-6-9-16-13(17-12)15-8-5-11-4-3-7-14-11/h6,9-11,14H,3-5,7-8H2,1-2H3,(H,15,16,17)/t11-/m1/s1. The van der Waals surface area contributed by atoms with E-state index in [-0.39, 0.29) is 6.10 Å². The van der Waals surface area contributed by atoms with Crippen LogP contribution in [0.1, 0.15) is 33.1 Å². The van der Waals surface area contributed by atoms with Crippen LogP contribution in [0.4, 0.5) is 5.95 Å². The summed E-state index contributed by atoms with van der Waals surface area (Å²) in [6.45, 7) is 6.02. The lowest BCUT2D eigenvalue weighted by Crippen LogP contribution is -2.24. The van der Waals surface area contributed by atoms with E-state index in [2.05, 4.69) is 20.6 Å². The molecule has 1 fully saturated rings. The molecule has 1 atom stereocenters. The van der Waals surface area contributed by atoms with Crippen LogP contribution in [0.2, 0.25) is 0 Å². The minimum Gasteiger partial charge on any atom is -0.475 e. The van der Waals surface area contributed by atoms with Crippen molar-refractivity contribution in [1.29, 1.82) is 0 Å². The van der Waals surface area contributed by atoms with Crippen molar-refractivity contribution >= 4 is 5.95 Å². The second-order valence-corrected chi connectivity index (χ2v) is 4.89. The quantitative estimate of drug-likeness (QED) is 0.806. The highest BCUT2D eigenvalue weighted by Crippen LogP contribution is 2.11. The van der Waals surface area contributed by atoms with Gasteiger partial charge in [-0.1, -0.05) is 0 Å². The highest BCUT2D eigenvalue weighted by atomic mass is 16.5. The van der Waals surface area contributed by atoms with Crippen molar-refractivity contribution in [2.45, 2.75) is 45.3 Å². The lowest BCUT2D eigenvalue weighted by Gasteiger charge is -2.12. The maximum atomic E-state index is 5.53. The molecule has 1 aliphatic rings. The average molecular weight is 250 g/mol. The molecule has 0 spiro atoms. The van der Waals surface area contributed by atoms with Gasteiger partial charge in [-0.25, -0.2) is 4.98 Å². The van der Waals surface area contributed by atoms with Crippen LogP contribution in [0.3, 0.4) is 0 Å². The van der Waals surface area contributed by atoms with Crippen LogP contribution in [0.5, 0.6) is 5.88 Å². The van der Waals surface area contributed by atoms with E-state index < -0.39 is 0 Å². The first-order chi connectivity index (χ1) is 8.74. The maximum absolute atomic E-state index is 5.53. The van der Waals surface area contributed by atoms with E-state index in [0.717, 1.165) is 19.5 Å². The largest absolute Gasteiger partial charge is 0.475 e. The Labute approximate surface area is 108 Å². The molecule has 5 nitrogen and oxygen atoms in total. The Balaban J connectivity index is 1.77. The molecule has 0 saturated carbocycles. The molecule has 100 valence electrons. The molecule has 0 amide bonds. The van der Waals surface area contributed by atoms with E-state index in [1.807, 2.05) is 13.8 Å². The van der Waals surface area contributed by atoms with E-state index in [1.54, 1.807) is 12.3 Å². The van der Waals surface area contributed by atoms with Crippen LogP contribution >= 0.6 is 0 Å². The van der Waals surface area contributed by atoms with Gasteiger partial charge in [-0.3, -0.25) is 0 Å². The molecule has 2 heterocycles. The van der Waals surface area contributed by atoms with Crippen LogP contribution in [-0.2, 0) is 0 Å². The first-order valence-electron chi connectivity index (χ1n) is 6.71. The number of nitrogens with zero attached hydrogens (tertiary/aromatic N) is 2. The van der Waals surface area contributed by atoms with Gasteiger partial charge in [-0.05, 0) is 39.7 Å². The van der Waals surface area contributed by atoms with Crippen molar-refractivity contribution in [2.24, 2.45) is 0 Å². The zero-order valence-corrected chi connectivity index (χ0v) is 11.1. The second kappa shape index (κ2) is 6.54. The summed E-state index contributed by atoms with van der Waals surface area (Å²) in [6.07, 6.45) is 5.53. The zero-order valence-electron chi connectivity index (χ0n) is 11.1. The van der Waals surface area contributed by atoms with Crippen LogP contribution < -0.4 is 15.4 Å². The van der Waals surface area contributed by atoms with Gasteiger partial charge in [0.2, 0.25) is 11.8 Å². The Hall–Kier alpha value is -1.36. The van der Waals surface area contributed by atoms with Gasteiger partial charge in [0.1, 0.15) is 0 Å². The van der Waals surface area contributed by atoms with Gasteiger partial charge in [0.25, 0.3) is 0 Å². The second-order valence-electron chi connectivity index (χ2n) is 4.89. The normalized spacial score (nSPS) is 19.2. The number of aromatic nitrogens is 2. The van der Waals surface area contributed by atoms with E-state index in [4.69, 9.17) is 4.74 Å². The molecule has 1 saturated heterocycles. The van der Waals surface area contributed by atoms with Crippen molar-refractivity contribution in [3.05, 3.63) is 12.3 Å². The van der Waals surface area contributed by atoms with E-state index >= 15 is 0 Å². The Kier molecular flexibility index (Phi) is 4.75. The van der Waals surface area contributed by atoms with E-state index in [1.165, 1.54) is 12.8 Å². The summed E-state index contributed by atoms with van der Waals surface area (Å²) < 4.78 is 5.53. The Morgan fingerprint density at radius 1 is 1.56 bits per heavy atom. The fourth-order valence-corrected chi connectivity index (χ4v) is 2.10. The summed E-state index contributed by atoms with van der Waals surface area (Å²) in [6, 6.07) is 2.43. The Bertz CT molecular complexity index is 364. The molecular weight excluding hydrogens is 228 g/mol. The number of rotatable bonds is 6. The summed E-state index contributed by atoms with van der Waals surface area (Å²) in [5, 5.41) is 6.72. The van der Waals surface area contributed by atoms with Gasteiger partial charge in [-0.2, -0.15) is 4.98 Å². The molecule has 0 aromatic carbocycles. The average Bonchev–Trinajstić information content (AvgIpc) is 2.82. The molecule has 5 heteroatoms. The van der Waals surface area contributed by atoms with E-state index in [0.29, 0.717) is 17.9 Å². The van der Waals surface area contributed by atoms with Crippen molar-refractivity contribution in [1.82, 2.24) is 15.3 Å². The van der Waals surface area contributed by atoms with Crippen LogP contribution in [0, 0.1) is 0 Å². The maximum Gasteiger partial charge on any atom is 0.225 e. The molecule has 18 heavy (non-hydrogen) atoms.